The van der Waals surface area contributed by atoms with Crippen molar-refractivity contribution in [1.29, 1.82) is 0 Å². The smallest absolute Gasteiger partial charge is 0.227 e. The first kappa shape index (κ1) is 17.0. The average Bonchev–Trinajstić information content (AvgIpc) is 3.18. The topological polar surface area (TPSA) is 67.8 Å². The third-order valence-corrected chi connectivity index (χ3v) is 6.30. The number of fused-ring (bicyclic) bond motifs is 2. The molecule has 6 heteroatoms. The number of aryl methyl sites for hydroxylation is 1. The molecule has 4 aromatic rings. The van der Waals surface area contributed by atoms with Gasteiger partial charge < -0.3 is 5.32 Å². The molecule has 1 atom stereocenters. The number of rotatable bonds is 3. The van der Waals surface area contributed by atoms with Crippen LogP contribution >= 0.6 is 11.3 Å². The maximum absolute atomic E-state index is 12.9. The molecule has 0 saturated heterocycles. The summed E-state index contributed by atoms with van der Waals surface area (Å²) in [6.45, 7) is 0. The van der Waals surface area contributed by atoms with Gasteiger partial charge >= 0.3 is 0 Å². The monoisotopic (exact) mass is 386 g/mol. The van der Waals surface area contributed by atoms with Crippen molar-refractivity contribution in [3.05, 3.63) is 71.6 Å². The van der Waals surface area contributed by atoms with Crippen molar-refractivity contribution in [3.63, 3.8) is 0 Å². The van der Waals surface area contributed by atoms with Crippen LogP contribution in [0.3, 0.4) is 0 Å². The lowest BCUT2D eigenvalue weighted by molar-refractivity contribution is -0.120. The highest BCUT2D eigenvalue weighted by Crippen LogP contribution is 2.35. The molecule has 138 valence electrons. The van der Waals surface area contributed by atoms with Crippen LogP contribution in [0.1, 0.15) is 17.0 Å². The van der Waals surface area contributed by atoms with Crippen LogP contribution in [0.5, 0.6) is 0 Å². The van der Waals surface area contributed by atoms with Crippen LogP contribution in [0.4, 0.5) is 5.69 Å². The van der Waals surface area contributed by atoms with Crippen molar-refractivity contribution in [2.24, 2.45) is 5.92 Å². The van der Waals surface area contributed by atoms with Gasteiger partial charge in [-0.05, 0) is 43.5 Å². The van der Waals surface area contributed by atoms with Crippen LogP contribution in [0.15, 0.2) is 61.1 Å². The highest BCUT2D eigenvalue weighted by atomic mass is 32.1. The van der Waals surface area contributed by atoms with Gasteiger partial charge in [-0.1, -0.05) is 18.2 Å². The third kappa shape index (κ3) is 3.16. The summed E-state index contributed by atoms with van der Waals surface area (Å²) < 4.78 is 0. The van der Waals surface area contributed by atoms with Crippen LogP contribution in [0.2, 0.25) is 0 Å². The van der Waals surface area contributed by atoms with Crippen LogP contribution < -0.4 is 5.32 Å². The number of hydrogen-bond donors (Lipinski definition) is 1. The Balaban J connectivity index is 1.36. The number of anilines is 1. The first-order valence-electron chi connectivity index (χ1n) is 9.31. The number of hydrogen-bond acceptors (Lipinski definition) is 5. The molecular weight excluding hydrogens is 368 g/mol. The summed E-state index contributed by atoms with van der Waals surface area (Å²) >= 11 is 1.69. The molecular formula is C22H18N4OS. The Morgan fingerprint density at radius 1 is 1.07 bits per heavy atom. The Labute approximate surface area is 166 Å². The van der Waals surface area contributed by atoms with Crippen LogP contribution in [-0.4, -0.2) is 20.9 Å². The van der Waals surface area contributed by atoms with Crippen LogP contribution in [0, 0.1) is 5.92 Å². The number of benzene rings is 1. The van der Waals surface area contributed by atoms with E-state index in [0.717, 1.165) is 52.1 Å². The van der Waals surface area contributed by atoms with Crippen molar-refractivity contribution < 1.29 is 4.79 Å². The van der Waals surface area contributed by atoms with Gasteiger partial charge in [0.05, 0.1) is 16.9 Å². The van der Waals surface area contributed by atoms with Crippen LogP contribution in [0.25, 0.3) is 21.5 Å². The van der Waals surface area contributed by atoms with Crippen molar-refractivity contribution in [2.75, 3.05) is 5.32 Å². The summed E-state index contributed by atoms with van der Waals surface area (Å²) in [5.74, 6) is 0.0138. The van der Waals surface area contributed by atoms with E-state index in [9.17, 15) is 4.79 Å². The van der Waals surface area contributed by atoms with E-state index < -0.39 is 0 Å². The molecule has 0 spiro atoms. The molecule has 1 unspecified atom stereocenters. The highest BCUT2D eigenvalue weighted by Gasteiger charge is 2.28. The van der Waals surface area contributed by atoms with Crippen molar-refractivity contribution in [2.45, 2.75) is 19.3 Å². The summed E-state index contributed by atoms with van der Waals surface area (Å²) in [6.07, 6.45) is 7.71. The van der Waals surface area contributed by atoms with E-state index in [1.54, 1.807) is 29.9 Å². The van der Waals surface area contributed by atoms with E-state index in [-0.39, 0.29) is 11.8 Å². The van der Waals surface area contributed by atoms with Gasteiger partial charge in [-0.2, -0.15) is 0 Å². The van der Waals surface area contributed by atoms with E-state index in [1.165, 1.54) is 4.88 Å². The number of carbonyl (C=O) groups is 1. The van der Waals surface area contributed by atoms with E-state index >= 15 is 0 Å². The summed E-state index contributed by atoms with van der Waals surface area (Å²) in [5.41, 5.74) is 3.81. The largest absolute Gasteiger partial charge is 0.324 e. The zero-order valence-corrected chi connectivity index (χ0v) is 15.9. The SMILES string of the molecule is O=C(Nc1cccc2cccnc12)C1CCc2nc(-c3ccncc3)sc2C1. The van der Waals surface area contributed by atoms with E-state index in [2.05, 4.69) is 15.3 Å². The quantitative estimate of drug-likeness (QED) is 0.563. The summed E-state index contributed by atoms with van der Waals surface area (Å²) in [4.78, 5) is 27.4. The second kappa shape index (κ2) is 7.13. The zero-order chi connectivity index (χ0) is 18.9. The molecule has 1 amide bonds. The number of carbonyl (C=O) groups excluding carboxylic acids is 1. The van der Waals surface area contributed by atoms with Gasteiger partial charge in [-0.15, -0.1) is 11.3 Å². The second-order valence-corrected chi connectivity index (χ2v) is 8.02. The number of nitrogens with one attached hydrogen (secondary N) is 1. The Morgan fingerprint density at radius 3 is 2.82 bits per heavy atom. The molecule has 28 heavy (non-hydrogen) atoms. The van der Waals surface area contributed by atoms with Gasteiger partial charge in [0.15, 0.2) is 0 Å². The zero-order valence-electron chi connectivity index (χ0n) is 15.1. The Hall–Kier alpha value is -3.12. The molecule has 1 aliphatic carbocycles. The number of aromatic nitrogens is 3. The van der Waals surface area contributed by atoms with Crippen LogP contribution in [-0.2, 0) is 17.6 Å². The minimum absolute atomic E-state index is 0.0443. The molecule has 0 saturated carbocycles. The minimum Gasteiger partial charge on any atom is -0.324 e. The lowest BCUT2D eigenvalue weighted by Crippen LogP contribution is -2.27. The molecule has 1 N–H and O–H groups in total. The van der Waals surface area contributed by atoms with Crippen molar-refractivity contribution in [3.8, 4) is 10.6 Å². The van der Waals surface area contributed by atoms with Gasteiger partial charge in [-0.3, -0.25) is 14.8 Å². The first-order chi connectivity index (χ1) is 13.8. The minimum atomic E-state index is -0.0443. The van der Waals surface area contributed by atoms with E-state index in [4.69, 9.17) is 4.98 Å². The van der Waals surface area contributed by atoms with Gasteiger partial charge in [0, 0.05) is 40.3 Å². The molecule has 0 fully saturated rings. The predicted molar refractivity (Wildman–Crippen MR) is 111 cm³/mol. The van der Waals surface area contributed by atoms with E-state index in [0.29, 0.717) is 0 Å². The highest BCUT2D eigenvalue weighted by molar-refractivity contribution is 7.15. The standard InChI is InChI=1S/C22H18N4OS/c27-21(25-18-5-1-3-14-4-2-10-24-20(14)18)16-6-7-17-19(13-16)28-22(26-17)15-8-11-23-12-9-15/h1-5,8-12,16H,6-7,13H2,(H,25,27). The fourth-order valence-corrected chi connectivity index (χ4v) is 4.85. The van der Waals surface area contributed by atoms with E-state index in [1.807, 2.05) is 42.5 Å². The molecule has 1 aliphatic rings. The normalized spacial score (nSPS) is 15.9. The molecule has 0 aliphatic heterocycles. The van der Waals surface area contributed by atoms with Gasteiger partial charge in [-0.25, -0.2) is 4.98 Å². The summed E-state index contributed by atoms with van der Waals surface area (Å²) in [7, 11) is 0. The Bertz CT molecular complexity index is 1150. The number of para-hydroxylation sites is 1. The van der Waals surface area contributed by atoms with Gasteiger partial charge in [0.25, 0.3) is 0 Å². The molecule has 1 aromatic carbocycles. The molecule has 5 nitrogen and oxygen atoms in total. The summed E-state index contributed by atoms with van der Waals surface area (Å²) in [5, 5.41) is 5.13. The first-order valence-corrected chi connectivity index (χ1v) is 10.1. The van der Waals surface area contributed by atoms with Crippen molar-refractivity contribution >= 4 is 33.8 Å². The Morgan fingerprint density at radius 2 is 1.93 bits per heavy atom. The fraction of sp³-hybridized carbons (Fsp3) is 0.182. The lowest BCUT2D eigenvalue weighted by Gasteiger charge is -2.20. The predicted octanol–water partition coefficient (Wildman–Crippen LogP) is 4.50. The maximum Gasteiger partial charge on any atom is 0.227 e. The number of amides is 1. The number of thiazole rings is 1. The fourth-order valence-electron chi connectivity index (χ4n) is 3.66. The third-order valence-electron chi connectivity index (χ3n) is 5.13. The Kier molecular flexibility index (Phi) is 4.33. The van der Waals surface area contributed by atoms with Gasteiger partial charge in [0.1, 0.15) is 5.01 Å². The molecule has 0 bridgehead atoms. The van der Waals surface area contributed by atoms with Gasteiger partial charge in [0.2, 0.25) is 5.91 Å². The lowest BCUT2D eigenvalue weighted by atomic mass is 9.90. The molecule has 3 heterocycles. The molecule has 0 radical (unpaired) electrons. The second-order valence-electron chi connectivity index (χ2n) is 6.93. The molecule has 3 aromatic heterocycles. The molecule has 5 rings (SSSR count). The average molecular weight is 386 g/mol. The maximum atomic E-state index is 12.9. The van der Waals surface area contributed by atoms with Crippen molar-refractivity contribution in [1.82, 2.24) is 15.0 Å². The number of nitrogens with zero attached hydrogens (tertiary/aromatic N) is 3. The number of pyridine rings is 2. The summed E-state index contributed by atoms with van der Waals surface area (Å²) in [6, 6.07) is 13.7.